The zero-order valence-corrected chi connectivity index (χ0v) is 16.3. The number of urea groups is 1. The molecule has 0 saturated heterocycles. The van der Waals surface area contributed by atoms with Crippen molar-refractivity contribution in [1.29, 1.82) is 0 Å². The lowest BCUT2D eigenvalue weighted by molar-refractivity contribution is 0.259. The number of rotatable bonds is 4. The first-order chi connectivity index (χ1) is 12.5. The Morgan fingerprint density at radius 1 is 1.27 bits per heavy atom. The maximum atomic E-state index is 14.0. The van der Waals surface area contributed by atoms with E-state index >= 15 is 0 Å². The van der Waals surface area contributed by atoms with Crippen molar-refractivity contribution in [2.24, 2.45) is 5.73 Å². The molecular weight excluding hydrogens is 373 g/mol. The molecule has 0 atom stereocenters. The molecule has 0 saturated carbocycles. The predicted molar refractivity (Wildman–Crippen MR) is 108 cm³/mol. The second-order valence-corrected chi connectivity index (χ2v) is 6.78. The van der Waals surface area contributed by atoms with Crippen LogP contribution >= 0.6 is 23.1 Å². The van der Waals surface area contributed by atoms with Gasteiger partial charge in [0, 0.05) is 16.3 Å². The number of hydrogen-bond acceptors (Lipinski definition) is 3. The number of anilines is 1. The summed E-state index contributed by atoms with van der Waals surface area (Å²) in [5.74, 6) is -0.605. The average molecular weight is 394 g/mol. The Morgan fingerprint density at radius 2 is 2.00 bits per heavy atom. The highest BCUT2D eigenvalue weighted by atomic mass is 35.5. The van der Waals surface area contributed by atoms with Crippen molar-refractivity contribution >= 4 is 45.8 Å². The smallest absolute Gasteiger partial charge is 0.316 e. The standard InChI is InChI=1S/C14H9ClFN3OS.C5H12/c15-10-5-13(18-14(17)20)11(16)4-9(10)7-1-2-8-6-21-19-12(8)3-7;1-3-5-4-2/h1-6H,(H3,17,18,20);3-5H2,1-2H3. The van der Waals surface area contributed by atoms with Crippen LogP contribution in [-0.2, 0) is 0 Å². The minimum atomic E-state index is -0.846. The van der Waals surface area contributed by atoms with E-state index in [1.807, 2.05) is 23.6 Å². The van der Waals surface area contributed by atoms with Gasteiger partial charge in [-0.1, -0.05) is 56.8 Å². The summed E-state index contributed by atoms with van der Waals surface area (Å²) in [6.07, 6.45) is 4.08. The predicted octanol–water partition coefficient (Wildman–Crippen LogP) is 6.44. The van der Waals surface area contributed by atoms with Crippen LogP contribution in [-0.4, -0.2) is 10.4 Å². The number of aromatic nitrogens is 1. The average Bonchev–Trinajstić information content (AvgIpc) is 3.06. The van der Waals surface area contributed by atoms with E-state index in [1.165, 1.54) is 42.9 Å². The van der Waals surface area contributed by atoms with Gasteiger partial charge in [-0.05, 0) is 35.3 Å². The minimum Gasteiger partial charge on any atom is -0.351 e. The summed E-state index contributed by atoms with van der Waals surface area (Å²) in [5.41, 5.74) is 7.03. The van der Waals surface area contributed by atoms with Gasteiger partial charge in [0.15, 0.2) is 0 Å². The molecule has 138 valence electrons. The third kappa shape index (κ3) is 5.16. The van der Waals surface area contributed by atoms with Gasteiger partial charge < -0.3 is 11.1 Å². The zero-order chi connectivity index (χ0) is 19.1. The molecule has 1 heterocycles. The van der Waals surface area contributed by atoms with E-state index in [1.54, 1.807) is 0 Å². The molecule has 0 radical (unpaired) electrons. The Kier molecular flexibility index (Phi) is 7.36. The van der Waals surface area contributed by atoms with Crippen LogP contribution in [0.5, 0.6) is 0 Å². The van der Waals surface area contributed by atoms with Crippen molar-refractivity contribution in [3.05, 3.63) is 46.6 Å². The Hall–Kier alpha value is -2.18. The number of fused-ring (bicyclic) bond motifs is 1. The maximum Gasteiger partial charge on any atom is 0.316 e. The number of benzene rings is 2. The number of halogens is 2. The third-order valence-electron chi connectivity index (χ3n) is 3.69. The van der Waals surface area contributed by atoms with E-state index in [-0.39, 0.29) is 5.69 Å². The normalized spacial score (nSPS) is 10.3. The summed E-state index contributed by atoms with van der Waals surface area (Å²) in [4.78, 5) is 10.8. The largest absolute Gasteiger partial charge is 0.351 e. The molecule has 26 heavy (non-hydrogen) atoms. The molecule has 0 spiro atoms. The first-order valence-electron chi connectivity index (χ1n) is 8.36. The van der Waals surface area contributed by atoms with Gasteiger partial charge in [0.05, 0.1) is 16.2 Å². The van der Waals surface area contributed by atoms with Gasteiger partial charge in [-0.15, -0.1) is 0 Å². The Labute approximate surface area is 161 Å². The number of unbranched alkanes of at least 4 members (excludes halogenated alkanes) is 2. The summed E-state index contributed by atoms with van der Waals surface area (Å²) in [5, 5.41) is 5.45. The first kappa shape index (κ1) is 20.1. The fraction of sp³-hybridized carbons (Fsp3) is 0.263. The SMILES string of the molecule is CCCCC.NC(=O)Nc1cc(Cl)c(-c2ccc3csnc3c2)cc1F. The van der Waals surface area contributed by atoms with Crippen LogP contribution in [0.25, 0.3) is 22.0 Å². The summed E-state index contributed by atoms with van der Waals surface area (Å²) < 4.78 is 18.2. The molecular formula is C19H21ClFN3OS. The number of carbonyl (C=O) groups is 1. The van der Waals surface area contributed by atoms with Crippen LogP contribution in [0.4, 0.5) is 14.9 Å². The fourth-order valence-electron chi connectivity index (χ4n) is 2.38. The highest BCUT2D eigenvalue weighted by Crippen LogP contribution is 2.34. The molecule has 7 heteroatoms. The molecule has 3 rings (SSSR count). The quantitative estimate of drug-likeness (QED) is 0.535. The molecule has 3 aromatic rings. The van der Waals surface area contributed by atoms with Gasteiger partial charge in [-0.25, -0.2) is 9.18 Å². The summed E-state index contributed by atoms with van der Waals surface area (Å²) in [6.45, 7) is 4.42. The molecule has 2 aromatic carbocycles. The number of nitrogens with one attached hydrogen (secondary N) is 1. The van der Waals surface area contributed by atoms with Crippen molar-refractivity contribution in [2.45, 2.75) is 33.1 Å². The van der Waals surface area contributed by atoms with Gasteiger partial charge in [-0.2, -0.15) is 4.37 Å². The summed E-state index contributed by atoms with van der Waals surface area (Å²) in [7, 11) is 0. The van der Waals surface area contributed by atoms with Gasteiger partial charge in [0.2, 0.25) is 0 Å². The van der Waals surface area contributed by atoms with Crippen LogP contribution < -0.4 is 11.1 Å². The second kappa shape index (κ2) is 9.50. The van der Waals surface area contributed by atoms with Crippen molar-refractivity contribution in [3.63, 3.8) is 0 Å². The minimum absolute atomic E-state index is 0.0500. The lowest BCUT2D eigenvalue weighted by Crippen LogP contribution is -2.20. The lowest BCUT2D eigenvalue weighted by atomic mass is 10.0. The highest BCUT2D eigenvalue weighted by Gasteiger charge is 2.12. The van der Waals surface area contributed by atoms with Gasteiger partial charge in [0.1, 0.15) is 5.82 Å². The van der Waals surface area contributed by atoms with Crippen LogP contribution in [0, 0.1) is 5.82 Å². The van der Waals surface area contributed by atoms with Gasteiger partial charge in [-0.3, -0.25) is 0 Å². The van der Waals surface area contributed by atoms with Crippen molar-refractivity contribution < 1.29 is 9.18 Å². The molecule has 1 aromatic heterocycles. The number of primary amides is 1. The van der Waals surface area contributed by atoms with Crippen LogP contribution in [0.15, 0.2) is 35.7 Å². The van der Waals surface area contributed by atoms with Crippen LogP contribution in [0.3, 0.4) is 0 Å². The molecule has 4 nitrogen and oxygen atoms in total. The Morgan fingerprint density at radius 3 is 2.62 bits per heavy atom. The number of amides is 2. The van der Waals surface area contributed by atoms with E-state index in [4.69, 9.17) is 17.3 Å². The van der Waals surface area contributed by atoms with Crippen LogP contribution in [0.1, 0.15) is 33.1 Å². The summed E-state index contributed by atoms with van der Waals surface area (Å²) in [6, 6.07) is 7.34. The molecule has 2 amide bonds. The Balaban J connectivity index is 0.000000431. The van der Waals surface area contributed by atoms with E-state index in [0.29, 0.717) is 10.6 Å². The maximum absolute atomic E-state index is 14.0. The third-order valence-corrected chi connectivity index (χ3v) is 4.67. The van der Waals surface area contributed by atoms with Crippen molar-refractivity contribution in [3.8, 4) is 11.1 Å². The number of carbonyl (C=O) groups excluding carboxylic acids is 1. The topological polar surface area (TPSA) is 68.0 Å². The second-order valence-electron chi connectivity index (χ2n) is 5.74. The molecule has 0 aliphatic rings. The van der Waals surface area contributed by atoms with E-state index in [2.05, 4.69) is 23.5 Å². The van der Waals surface area contributed by atoms with Crippen molar-refractivity contribution in [1.82, 2.24) is 4.37 Å². The van der Waals surface area contributed by atoms with Gasteiger partial charge >= 0.3 is 6.03 Å². The number of hydrogen-bond donors (Lipinski definition) is 2. The monoisotopic (exact) mass is 393 g/mol. The molecule has 3 N–H and O–H groups in total. The van der Waals surface area contributed by atoms with E-state index in [9.17, 15) is 9.18 Å². The fourth-order valence-corrected chi connectivity index (χ4v) is 3.29. The molecule has 0 aliphatic heterocycles. The first-order valence-corrected chi connectivity index (χ1v) is 9.57. The Bertz CT molecular complexity index is 896. The highest BCUT2D eigenvalue weighted by molar-refractivity contribution is 7.04. The van der Waals surface area contributed by atoms with E-state index < -0.39 is 11.8 Å². The zero-order valence-electron chi connectivity index (χ0n) is 14.7. The molecule has 0 bridgehead atoms. The van der Waals surface area contributed by atoms with E-state index in [0.717, 1.165) is 16.5 Å². The summed E-state index contributed by atoms with van der Waals surface area (Å²) >= 11 is 7.52. The molecule has 0 fully saturated rings. The van der Waals surface area contributed by atoms with Crippen molar-refractivity contribution in [2.75, 3.05) is 5.32 Å². The number of nitrogens with zero attached hydrogens (tertiary/aromatic N) is 1. The van der Waals surface area contributed by atoms with Gasteiger partial charge in [0.25, 0.3) is 0 Å². The molecule has 0 aliphatic carbocycles. The number of nitrogens with two attached hydrogens (primary N) is 1. The molecule has 0 unspecified atom stereocenters. The van der Waals surface area contributed by atoms with Crippen LogP contribution in [0.2, 0.25) is 5.02 Å². The lowest BCUT2D eigenvalue weighted by Gasteiger charge is -2.09.